The van der Waals surface area contributed by atoms with Crippen LogP contribution in [0.15, 0.2) is 23.2 Å². The van der Waals surface area contributed by atoms with Crippen LogP contribution in [-0.4, -0.2) is 32.4 Å². The Balaban J connectivity index is 2.33. The van der Waals surface area contributed by atoms with Crippen molar-refractivity contribution >= 4 is 17.5 Å². The van der Waals surface area contributed by atoms with E-state index in [4.69, 9.17) is 10.00 Å². The van der Waals surface area contributed by atoms with Gasteiger partial charge in [-0.25, -0.2) is 4.79 Å². The highest BCUT2D eigenvalue weighted by Gasteiger charge is 2.14. The summed E-state index contributed by atoms with van der Waals surface area (Å²) < 4.78 is 5.26. The summed E-state index contributed by atoms with van der Waals surface area (Å²) in [6.45, 7) is 2.87. The van der Waals surface area contributed by atoms with Gasteiger partial charge in [-0.1, -0.05) is 0 Å². The number of morpholine rings is 1. The zero-order valence-corrected chi connectivity index (χ0v) is 9.22. The fourth-order valence-electron chi connectivity index (χ4n) is 1.82. The molecule has 5 heteroatoms. The molecule has 86 valence electrons. The molecule has 0 saturated carbocycles. The molecule has 0 aromatic heterocycles. The zero-order chi connectivity index (χ0) is 12.1. The Morgan fingerprint density at radius 2 is 2.12 bits per heavy atom. The maximum atomic E-state index is 10.2. The van der Waals surface area contributed by atoms with Crippen LogP contribution in [0.2, 0.25) is 0 Å². The molecule has 0 bridgehead atoms. The number of benzene rings is 1. The second-order valence-corrected chi connectivity index (χ2v) is 3.62. The maximum absolute atomic E-state index is 10.2. The van der Waals surface area contributed by atoms with E-state index in [0.29, 0.717) is 24.5 Å². The Morgan fingerprint density at radius 3 is 2.76 bits per heavy atom. The van der Waals surface area contributed by atoms with Crippen molar-refractivity contribution in [2.24, 2.45) is 4.99 Å². The molecule has 1 saturated heterocycles. The normalized spacial score (nSPS) is 14.9. The van der Waals surface area contributed by atoms with Gasteiger partial charge in [0.1, 0.15) is 6.07 Å². The van der Waals surface area contributed by atoms with Crippen LogP contribution in [0.25, 0.3) is 0 Å². The van der Waals surface area contributed by atoms with Crippen molar-refractivity contribution < 1.29 is 9.53 Å². The van der Waals surface area contributed by atoms with E-state index in [-0.39, 0.29) is 0 Å². The molecule has 0 spiro atoms. The van der Waals surface area contributed by atoms with Crippen LogP contribution in [0.1, 0.15) is 5.56 Å². The van der Waals surface area contributed by atoms with Crippen molar-refractivity contribution in [2.45, 2.75) is 0 Å². The van der Waals surface area contributed by atoms with Crippen molar-refractivity contribution in [1.82, 2.24) is 0 Å². The van der Waals surface area contributed by atoms with E-state index in [0.717, 1.165) is 18.8 Å². The van der Waals surface area contributed by atoms with Gasteiger partial charge >= 0.3 is 0 Å². The molecule has 0 radical (unpaired) electrons. The van der Waals surface area contributed by atoms with Crippen LogP contribution in [0.4, 0.5) is 11.4 Å². The fourth-order valence-corrected chi connectivity index (χ4v) is 1.82. The molecular formula is C12H11N3O2. The molecule has 0 amide bonds. The summed E-state index contributed by atoms with van der Waals surface area (Å²) in [7, 11) is 0. The number of isocyanates is 1. The van der Waals surface area contributed by atoms with E-state index < -0.39 is 0 Å². The average Bonchev–Trinajstić information content (AvgIpc) is 2.40. The van der Waals surface area contributed by atoms with Gasteiger partial charge in [-0.15, -0.1) is 0 Å². The molecule has 0 atom stereocenters. The molecule has 2 rings (SSSR count). The molecule has 1 aliphatic rings. The molecule has 5 nitrogen and oxygen atoms in total. The van der Waals surface area contributed by atoms with Gasteiger partial charge in [0.2, 0.25) is 6.08 Å². The van der Waals surface area contributed by atoms with Crippen molar-refractivity contribution in [1.29, 1.82) is 5.26 Å². The topological polar surface area (TPSA) is 65.7 Å². The summed E-state index contributed by atoms with van der Waals surface area (Å²) in [6, 6.07) is 7.22. The first-order valence-corrected chi connectivity index (χ1v) is 5.30. The lowest BCUT2D eigenvalue weighted by Gasteiger charge is -2.29. The Labute approximate surface area is 98.9 Å². The highest BCUT2D eigenvalue weighted by molar-refractivity contribution is 5.65. The Morgan fingerprint density at radius 1 is 1.35 bits per heavy atom. The van der Waals surface area contributed by atoms with Crippen molar-refractivity contribution in [3.63, 3.8) is 0 Å². The summed E-state index contributed by atoms with van der Waals surface area (Å²) >= 11 is 0. The largest absolute Gasteiger partial charge is 0.378 e. The van der Waals surface area contributed by atoms with E-state index >= 15 is 0 Å². The van der Waals surface area contributed by atoms with E-state index in [1.54, 1.807) is 18.2 Å². The third kappa shape index (κ3) is 2.51. The number of anilines is 1. The second kappa shape index (κ2) is 5.26. The molecule has 0 N–H and O–H groups in total. The minimum absolute atomic E-state index is 0.452. The van der Waals surface area contributed by atoms with E-state index in [2.05, 4.69) is 16.0 Å². The smallest absolute Gasteiger partial charge is 0.240 e. The van der Waals surface area contributed by atoms with Crippen molar-refractivity contribution in [2.75, 3.05) is 31.2 Å². The van der Waals surface area contributed by atoms with Gasteiger partial charge in [-0.3, -0.25) is 0 Å². The van der Waals surface area contributed by atoms with Crippen molar-refractivity contribution in [3.8, 4) is 6.07 Å². The first kappa shape index (κ1) is 11.3. The number of aliphatic imine (C=N–C) groups is 1. The third-order valence-corrected chi connectivity index (χ3v) is 2.63. The van der Waals surface area contributed by atoms with E-state index in [1.165, 1.54) is 6.08 Å². The highest BCUT2D eigenvalue weighted by atomic mass is 16.5. The molecule has 17 heavy (non-hydrogen) atoms. The number of carbonyl (C=O) groups excluding carboxylic acids is 1. The molecular weight excluding hydrogens is 218 g/mol. The van der Waals surface area contributed by atoms with Gasteiger partial charge in [0.25, 0.3) is 0 Å². The predicted molar refractivity (Wildman–Crippen MR) is 62.0 cm³/mol. The number of rotatable bonds is 2. The second-order valence-electron chi connectivity index (χ2n) is 3.62. The number of hydrogen-bond acceptors (Lipinski definition) is 5. The van der Waals surface area contributed by atoms with Gasteiger partial charge in [0.15, 0.2) is 0 Å². The highest BCUT2D eigenvalue weighted by Crippen LogP contribution is 2.25. The monoisotopic (exact) mass is 229 g/mol. The number of nitriles is 1. The number of hydrogen-bond donors (Lipinski definition) is 0. The number of nitrogens with zero attached hydrogens (tertiary/aromatic N) is 3. The number of ether oxygens (including phenoxy) is 1. The van der Waals surface area contributed by atoms with Gasteiger partial charge < -0.3 is 9.64 Å². The van der Waals surface area contributed by atoms with Gasteiger partial charge in [-0.2, -0.15) is 10.3 Å². The van der Waals surface area contributed by atoms with E-state index in [1.807, 2.05) is 0 Å². The Kier molecular flexibility index (Phi) is 3.51. The minimum Gasteiger partial charge on any atom is -0.378 e. The van der Waals surface area contributed by atoms with Crippen LogP contribution >= 0.6 is 0 Å². The summed E-state index contributed by atoms with van der Waals surface area (Å²) in [5, 5.41) is 9.09. The standard InChI is InChI=1S/C12H11N3O2/c13-8-10-7-11(14-9-16)1-2-12(10)15-3-5-17-6-4-15/h1-2,7H,3-6H2. The molecule has 0 aliphatic carbocycles. The average molecular weight is 229 g/mol. The summed E-state index contributed by atoms with van der Waals surface area (Å²) in [6.07, 6.45) is 1.47. The zero-order valence-electron chi connectivity index (χ0n) is 9.22. The lowest BCUT2D eigenvalue weighted by Crippen LogP contribution is -2.36. The van der Waals surface area contributed by atoms with Crippen LogP contribution in [0.5, 0.6) is 0 Å². The maximum Gasteiger partial charge on any atom is 0.240 e. The molecule has 1 heterocycles. The van der Waals surface area contributed by atoms with Crippen LogP contribution in [-0.2, 0) is 9.53 Å². The van der Waals surface area contributed by atoms with Gasteiger partial charge in [0.05, 0.1) is 30.2 Å². The SMILES string of the molecule is N#Cc1cc(N=C=O)ccc1N1CCOCC1. The molecule has 1 fully saturated rings. The van der Waals surface area contributed by atoms with Crippen molar-refractivity contribution in [3.05, 3.63) is 23.8 Å². The molecule has 1 aromatic rings. The molecule has 0 unspecified atom stereocenters. The molecule has 1 aliphatic heterocycles. The van der Waals surface area contributed by atoms with Crippen LogP contribution in [0.3, 0.4) is 0 Å². The Hall–Kier alpha value is -2.15. The summed E-state index contributed by atoms with van der Waals surface area (Å²) in [5.41, 5.74) is 1.83. The first-order valence-electron chi connectivity index (χ1n) is 5.30. The third-order valence-electron chi connectivity index (χ3n) is 2.63. The van der Waals surface area contributed by atoms with E-state index in [9.17, 15) is 4.79 Å². The summed E-state index contributed by atoms with van der Waals surface area (Å²) in [5.74, 6) is 0. The first-order chi connectivity index (χ1) is 8.35. The predicted octanol–water partition coefficient (Wildman–Crippen LogP) is 1.36. The van der Waals surface area contributed by atoms with Gasteiger partial charge in [0, 0.05) is 13.1 Å². The van der Waals surface area contributed by atoms with Crippen LogP contribution < -0.4 is 4.90 Å². The lowest BCUT2D eigenvalue weighted by atomic mass is 10.1. The van der Waals surface area contributed by atoms with Gasteiger partial charge in [-0.05, 0) is 18.2 Å². The quantitative estimate of drug-likeness (QED) is 0.567. The van der Waals surface area contributed by atoms with Crippen LogP contribution in [0, 0.1) is 11.3 Å². The minimum atomic E-state index is 0.452. The lowest BCUT2D eigenvalue weighted by molar-refractivity contribution is 0.122. The Bertz CT molecular complexity index is 495. The fraction of sp³-hybridized carbons (Fsp3) is 0.333. The molecule has 1 aromatic carbocycles. The summed E-state index contributed by atoms with van der Waals surface area (Å²) in [4.78, 5) is 15.8.